The Labute approximate surface area is 105 Å². The van der Waals surface area contributed by atoms with Crippen LogP contribution in [0.15, 0.2) is 0 Å². The topological polar surface area (TPSA) is 37.0 Å². The standard InChI is InChI=1S/C12H27N3O2/c1-14(7-10-16-2)5-3-13-4-6-15-8-11-17-12-9-15/h13H,3-12H2,1-2H3. The van der Waals surface area contributed by atoms with E-state index in [1.165, 1.54) is 0 Å². The Balaban J connectivity index is 1.86. The van der Waals surface area contributed by atoms with Gasteiger partial charge in [0.15, 0.2) is 0 Å². The molecule has 5 heteroatoms. The number of hydrogen-bond acceptors (Lipinski definition) is 5. The van der Waals surface area contributed by atoms with Gasteiger partial charge in [0.2, 0.25) is 0 Å². The van der Waals surface area contributed by atoms with Crippen LogP contribution in [0, 0.1) is 0 Å². The minimum atomic E-state index is 0.810. The summed E-state index contributed by atoms with van der Waals surface area (Å²) in [6, 6.07) is 0. The summed E-state index contributed by atoms with van der Waals surface area (Å²) in [7, 11) is 3.87. The van der Waals surface area contributed by atoms with Gasteiger partial charge < -0.3 is 19.7 Å². The lowest BCUT2D eigenvalue weighted by atomic mass is 10.4. The van der Waals surface area contributed by atoms with Crippen molar-refractivity contribution < 1.29 is 9.47 Å². The highest BCUT2D eigenvalue weighted by molar-refractivity contribution is 4.63. The Morgan fingerprint density at radius 2 is 2.00 bits per heavy atom. The number of ether oxygens (including phenoxy) is 2. The zero-order valence-electron chi connectivity index (χ0n) is 11.3. The van der Waals surface area contributed by atoms with Gasteiger partial charge in [-0.2, -0.15) is 0 Å². The van der Waals surface area contributed by atoms with E-state index in [4.69, 9.17) is 9.47 Å². The van der Waals surface area contributed by atoms with Crippen LogP contribution in [0.1, 0.15) is 0 Å². The van der Waals surface area contributed by atoms with Gasteiger partial charge in [-0.25, -0.2) is 0 Å². The monoisotopic (exact) mass is 245 g/mol. The van der Waals surface area contributed by atoms with E-state index >= 15 is 0 Å². The Hall–Kier alpha value is -0.200. The molecule has 0 aromatic heterocycles. The molecule has 0 aromatic rings. The molecule has 0 bridgehead atoms. The predicted octanol–water partition coefficient (Wildman–Crippen LogP) is -0.514. The minimum Gasteiger partial charge on any atom is -0.383 e. The van der Waals surface area contributed by atoms with Crippen molar-refractivity contribution in [2.24, 2.45) is 0 Å². The van der Waals surface area contributed by atoms with E-state index in [0.29, 0.717) is 0 Å². The van der Waals surface area contributed by atoms with E-state index < -0.39 is 0 Å². The molecule has 0 aromatic carbocycles. The number of methoxy groups -OCH3 is 1. The average molecular weight is 245 g/mol. The zero-order chi connectivity index (χ0) is 12.3. The van der Waals surface area contributed by atoms with E-state index in [0.717, 1.165) is 65.6 Å². The molecule has 0 amide bonds. The molecule has 1 heterocycles. The summed E-state index contributed by atoms with van der Waals surface area (Å²) in [5, 5.41) is 3.48. The van der Waals surface area contributed by atoms with Crippen LogP contribution < -0.4 is 5.32 Å². The molecule has 5 nitrogen and oxygen atoms in total. The lowest BCUT2D eigenvalue weighted by Gasteiger charge is -2.26. The molecule has 1 fully saturated rings. The lowest BCUT2D eigenvalue weighted by Crippen LogP contribution is -2.41. The van der Waals surface area contributed by atoms with Gasteiger partial charge in [-0.15, -0.1) is 0 Å². The van der Waals surface area contributed by atoms with E-state index in [1.807, 2.05) is 0 Å². The molecule has 1 aliphatic heterocycles. The van der Waals surface area contributed by atoms with Crippen molar-refractivity contribution in [2.75, 3.05) is 79.8 Å². The first-order valence-electron chi connectivity index (χ1n) is 6.51. The maximum absolute atomic E-state index is 5.32. The summed E-state index contributed by atoms with van der Waals surface area (Å²) < 4.78 is 10.4. The second-order valence-electron chi connectivity index (χ2n) is 4.50. The summed E-state index contributed by atoms with van der Waals surface area (Å²) in [5.41, 5.74) is 0. The lowest BCUT2D eigenvalue weighted by molar-refractivity contribution is 0.0384. The molecule has 1 rings (SSSR count). The smallest absolute Gasteiger partial charge is 0.0594 e. The van der Waals surface area contributed by atoms with Gasteiger partial charge in [0.25, 0.3) is 0 Å². The van der Waals surface area contributed by atoms with Crippen LogP contribution in [0.2, 0.25) is 0 Å². The van der Waals surface area contributed by atoms with E-state index in [9.17, 15) is 0 Å². The average Bonchev–Trinajstić information content (AvgIpc) is 2.37. The van der Waals surface area contributed by atoms with Crippen molar-refractivity contribution >= 4 is 0 Å². The van der Waals surface area contributed by atoms with Crippen molar-refractivity contribution in [1.29, 1.82) is 0 Å². The fourth-order valence-corrected chi connectivity index (χ4v) is 1.82. The molecule has 1 aliphatic rings. The quantitative estimate of drug-likeness (QED) is 0.554. The number of morpholine rings is 1. The van der Waals surface area contributed by atoms with Gasteiger partial charge in [-0.3, -0.25) is 4.90 Å². The van der Waals surface area contributed by atoms with Crippen molar-refractivity contribution in [3.05, 3.63) is 0 Å². The van der Waals surface area contributed by atoms with E-state index in [1.54, 1.807) is 7.11 Å². The molecule has 0 spiro atoms. The number of rotatable bonds is 9. The highest BCUT2D eigenvalue weighted by Crippen LogP contribution is 1.94. The van der Waals surface area contributed by atoms with E-state index in [2.05, 4.69) is 22.2 Å². The van der Waals surface area contributed by atoms with Gasteiger partial charge in [-0.1, -0.05) is 0 Å². The number of nitrogens with one attached hydrogen (secondary N) is 1. The Morgan fingerprint density at radius 1 is 1.24 bits per heavy atom. The van der Waals surface area contributed by atoms with Crippen LogP contribution in [0.25, 0.3) is 0 Å². The Morgan fingerprint density at radius 3 is 2.71 bits per heavy atom. The summed E-state index contributed by atoms with van der Waals surface area (Å²) in [4.78, 5) is 4.73. The van der Waals surface area contributed by atoms with Crippen LogP contribution in [-0.4, -0.2) is 89.6 Å². The van der Waals surface area contributed by atoms with Crippen molar-refractivity contribution in [3.63, 3.8) is 0 Å². The fraction of sp³-hybridized carbons (Fsp3) is 1.00. The highest BCUT2D eigenvalue weighted by Gasteiger charge is 2.08. The van der Waals surface area contributed by atoms with Crippen LogP contribution in [0.3, 0.4) is 0 Å². The zero-order valence-corrected chi connectivity index (χ0v) is 11.3. The number of hydrogen-bond donors (Lipinski definition) is 1. The molecule has 1 N–H and O–H groups in total. The molecule has 0 radical (unpaired) electrons. The van der Waals surface area contributed by atoms with Gasteiger partial charge >= 0.3 is 0 Å². The summed E-state index contributed by atoms with van der Waals surface area (Å²) in [6.07, 6.45) is 0. The first kappa shape index (κ1) is 14.9. The van der Waals surface area contributed by atoms with Gasteiger partial charge in [0.1, 0.15) is 0 Å². The van der Waals surface area contributed by atoms with Crippen LogP contribution in [-0.2, 0) is 9.47 Å². The number of likely N-dealkylation sites (N-methyl/N-ethyl adjacent to an activating group) is 1. The first-order valence-corrected chi connectivity index (χ1v) is 6.51. The summed E-state index contributed by atoms with van der Waals surface area (Å²) in [5.74, 6) is 0. The van der Waals surface area contributed by atoms with Crippen molar-refractivity contribution in [1.82, 2.24) is 15.1 Å². The third kappa shape index (κ3) is 7.68. The largest absolute Gasteiger partial charge is 0.383 e. The highest BCUT2D eigenvalue weighted by atomic mass is 16.5. The molecule has 0 saturated carbocycles. The van der Waals surface area contributed by atoms with E-state index in [-0.39, 0.29) is 0 Å². The fourth-order valence-electron chi connectivity index (χ4n) is 1.82. The maximum Gasteiger partial charge on any atom is 0.0594 e. The first-order chi connectivity index (χ1) is 8.33. The molecule has 0 unspecified atom stereocenters. The molecular formula is C12H27N3O2. The van der Waals surface area contributed by atoms with Crippen molar-refractivity contribution in [3.8, 4) is 0 Å². The summed E-state index contributed by atoms with van der Waals surface area (Å²) in [6.45, 7) is 10.1. The molecule has 17 heavy (non-hydrogen) atoms. The normalized spacial score (nSPS) is 17.8. The van der Waals surface area contributed by atoms with Gasteiger partial charge in [-0.05, 0) is 7.05 Å². The molecule has 0 aliphatic carbocycles. The third-order valence-corrected chi connectivity index (χ3v) is 3.06. The van der Waals surface area contributed by atoms with Gasteiger partial charge in [0.05, 0.1) is 19.8 Å². The molecule has 1 saturated heterocycles. The van der Waals surface area contributed by atoms with Crippen molar-refractivity contribution in [2.45, 2.75) is 0 Å². The summed E-state index contributed by atoms with van der Waals surface area (Å²) >= 11 is 0. The molecular weight excluding hydrogens is 218 g/mol. The van der Waals surface area contributed by atoms with Gasteiger partial charge in [0, 0.05) is 52.9 Å². The molecule has 102 valence electrons. The SMILES string of the molecule is COCCN(C)CCNCCN1CCOCC1. The molecule has 0 atom stereocenters. The number of nitrogens with zero attached hydrogens (tertiary/aromatic N) is 2. The van der Waals surface area contributed by atoms with Crippen LogP contribution >= 0.6 is 0 Å². The Kier molecular flexibility index (Phi) is 8.56. The third-order valence-electron chi connectivity index (χ3n) is 3.06. The maximum atomic E-state index is 5.32. The van der Waals surface area contributed by atoms with Crippen LogP contribution in [0.4, 0.5) is 0 Å². The predicted molar refractivity (Wildman–Crippen MR) is 69.5 cm³/mol. The second-order valence-corrected chi connectivity index (χ2v) is 4.50. The van der Waals surface area contributed by atoms with Crippen LogP contribution in [0.5, 0.6) is 0 Å². The Bertz CT molecular complexity index is 175. The minimum absolute atomic E-state index is 0.810. The second kappa shape index (κ2) is 9.79.